The first kappa shape index (κ1) is 12.8. The Balaban J connectivity index is 2.44. The van der Waals surface area contributed by atoms with Crippen molar-refractivity contribution in [1.82, 2.24) is 0 Å². The Bertz CT molecular complexity index is 298. The summed E-state index contributed by atoms with van der Waals surface area (Å²) in [5.74, 6) is -0.164. The average molecular weight is 226 g/mol. The van der Waals surface area contributed by atoms with E-state index in [-0.39, 0.29) is 6.10 Å². The number of allylic oxidation sites excluding steroid dienone is 3. The van der Waals surface area contributed by atoms with Crippen LogP contribution in [0.25, 0.3) is 0 Å². The highest BCUT2D eigenvalue weighted by Gasteiger charge is 2.14. The molecule has 0 aromatic rings. The van der Waals surface area contributed by atoms with Crippen LogP contribution in [0.5, 0.6) is 0 Å². The predicted molar refractivity (Wildman–Crippen MR) is 60.1 cm³/mol. The normalized spacial score (nSPS) is 19.6. The number of carboxylic acids is 1. The molecule has 0 unspecified atom stereocenters. The van der Waals surface area contributed by atoms with Gasteiger partial charge in [-0.2, -0.15) is 0 Å². The van der Waals surface area contributed by atoms with E-state index in [2.05, 4.69) is 0 Å². The van der Waals surface area contributed by atoms with E-state index in [0.717, 1.165) is 31.8 Å². The average Bonchev–Trinajstić information content (AvgIpc) is 2.27. The molecule has 1 rings (SSSR count). The van der Waals surface area contributed by atoms with Gasteiger partial charge in [0.05, 0.1) is 19.0 Å². The van der Waals surface area contributed by atoms with Crippen molar-refractivity contribution in [2.75, 3.05) is 13.2 Å². The van der Waals surface area contributed by atoms with Crippen LogP contribution in [0.3, 0.4) is 0 Å². The number of ether oxygens (including phenoxy) is 2. The molecule has 0 aromatic heterocycles. The minimum Gasteiger partial charge on any atom is -0.495 e. The molecule has 4 nitrogen and oxygen atoms in total. The Morgan fingerprint density at radius 3 is 2.50 bits per heavy atom. The molecular formula is C12H18O4. The molecule has 1 fully saturated rings. The van der Waals surface area contributed by atoms with Crippen LogP contribution in [-0.4, -0.2) is 30.4 Å². The van der Waals surface area contributed by atoms with Crippen molar-refractivity contribution in [3.63, 3.8) is 0 Å². The lowest BCUT2D eigenvalue weighted by molar-refractivity contribution is -0.132. The number of hydrogen-bond donors (Lipinski definition) is 1. The van der Waals surface area contributed by atoms with Crippen molar-refractivity contribution in [2.24, 2.45) is 0 Å². The summed E-state index contributed by atoms with van der Waals surface area (Å²) in [6, 6.07) is 0. The van der Waals surface area contributed by atoms with E-state index >= 15 is 0 Å². The number of carbonyl (C=O) groups is 1. The zero-order valence-corrected chi connectivity index (χ0v) is 9.73. The number of aliphatic carboxylic acids is 1. The number of carboxylic acid groups (broad SMARTS) is 1. The van der Waals surface area contributed by atoms with Crippen LogP contribution in [0.15, 0.2) is 23.5 Å². The SMILES string of the molecule is C/C(=C\C=C(/C)C(=O)O)OC1CCOCC1. The summed E-state index contributed by atoms with van der Waals surface area (Å²) in [7, 11) is 0. The molecule has 0 atom stereocenters. The van der Waals surface area contributed by atoms with Crippen molar-refractivity contribution >= 4 is 5.97 Å². The molecule has 4 heteroatoms. The standard InChI is InChI=1S/C12H18O4/c1-9(12(13)14)3-4-10(2)16-11-5-7-15-8-6-11/h3-4,11H,5-8H2,1-2H3,(H,13,14)/b9-3+,10-4+. The molecule has 1 heterocycles. The van der Waals surface area contributed by atoms with E-state index in [0.29, 0.717) is 5.57 Å². The van der Waals surface area contributed by atoms with Gasteiger partial charge in [-0.05, 0) is 26.0 Å². The summed E-state index contributed by atoms with van der Waals surface area (Å²) < 4.78 is 10.9. The third-order valence-corrected chi connectivity index (χ3v) is 2.43. The molecular weight excluding hydrogens is 208 g/mol. The molecule has 0 saturated carbocycles. The maximum atomic E-state index is 10.5. The maximum absolute atomic E-state index is 10.5. The fourth-order valence-electron chi connectivity index (χ4n) is 1.41. The molecule has 0 spiro atoms. The van der Waals surface area contributed by atoms with Gasteiger partial charge in [-0.1, -0.05) is 0 Å². The van der Waals surface area contributed by atoms with Gasteiger partial charge in [0.2, 0.25) is 0 Å². The molecule has 0 amide bonds. The molecule has 1 aliphatic heterocycles. The molecule has 1 aliphatic rings. The highest BCUT2D eigenvalue weighted by Crippen LogP contribution is 2.14. The van der Waals surface area contributed by atoms with Gasteiger partial charge in [-0.15, -0.1) is 0 Å². The van der Waals surface area contributed by atoms with Crippen LogP contribution in [0, 0.1) is 0 Å². The second kappa shape index (κ2) is 6.33. The minimum atomic E-state index is -0.907. The highest BCUT2D eigenvalue weighted by atomic mass is 16.5. The molecule has 0 radical (unpaired) electrons. The van der Waals surface area contributed by atoms with E-state index in [9.17, 15) is 4.79 Å². The van der Waals surface area contributed by atoms with Crippen molar-refractivity contribution in [3.05, 3.63) is 23.5 Å². The lowest BCUT2D eigenvalue weighted by atomic mass is 10.1. The van der Waals surface area contributed by atoms with Crippen LogP contribution >= 0.6 is 0 Å². The van der Waals surface area contributed by atoms with E-state index in [1.165, 1.54) is 0 Å². The van der Waals surface area contributed by atoms with Gasteiger partial charge < -0.3 is 14.6 Å². The maximum Gasteiger partial charge on any atom is 0.331 e. The van der Waals surface area contributed by atoms with E-state index < -0.39 is 5.97 Å². The smallest absolute Gasteiger partial charge is 0.331 e. The van der Waals surface area contributed by atoms with E-state index in [1.807, 2.05) is 6.92 Å². The third kappa shape index (κ3) is 4.49. The fourth-order valence-corrected chi connectivity index (χ4v) is 1.41. The van der Waals surface area contributed by atoms with Crippen LogP contribution in [0.4, 0.5) is 0 Å². The number of hydrogen-bond acceptors (Lipinski definition) is 3. The molecule has 1 N–H and O–H groups in total. The largest absolute Gasteiger partial charge is 0.495 e. The summed E-state index contributed by atoms with van der Waals surface area (Å²) >= 11 is 0. The summed E-state index contributed by atoms with van der Waals surface area (Å²) in [6.45, 7) is 4.87. The Morgan fingerprint density at radius 1 is 1.31 bits per heavy atom. The van der Waals surface area contributed by atoms with E-state index in [4.69, 9.17) is 14.6 Å². The Kier molecular flexibility index (Phi) is 5.05. The van der Waals surface area contributed by atoms with Crippen LogP contribution < -0.4 is 0 Å². The molecule has 90 valence electrons. The van der Waals surface area contributed by atoms with Crippen molar-refractivity contribution in [2.45, 2.75) is 32.8 Å². The summed E-state index contributed by atoms with van der Waals surface area (Å²) in [6.07, 6.45) is 5.23. The van der Waals surface area contributed by atoms with Gasteiger partial charge in [0.15, 0.2) is 0 Å². The fraction of sp³-hybridized carbons (Fsp3) is 0.583. The van der Waals surface area contributed by atoms with Crippen LogP contribution in [0.1, 0.15) is 26.7 Å². The predicted octanol–water partition coefficient (Wildman–Crippen LogP) is 2.12. The van der Waals surface area contributed by atoms with Crippen LogP contribution in [-0.2, 0) is 14.3 Å². The summed E-state index contributed by atoms with van der Waals surface area (Å²) in [5.41, 5.74) is 0.301. The van der Waals surface area contributed by atoms with Gasteiger partial charge in [-0.3, -0.25) is 0 Å². The molecule has 1 saturated heterocycles. The van der Waals surface area contributed by atoms with Crippen molar-refractivity contribution < 1.29 is 19.4 Å². The van der Waals surface area contributed by atoms with Gasteiger partial charge in [0, 0.05) is 18.4 Å². The third-order valence-electron chi connectivity index (χ3n) is 2.43. The zero-order valence-electron chi connectivity index (χ0n) is 9.73. The second-order valence-corrected chi connectivity index (χ2v) is 3.86. The quantitative estimate of drug-likeness (QED) is 0.453. The lowest BCUT2D eigenvalue weighted by Crippen LogP contribution is -2.22. The van der Waals surface area contributed by atoms with Crippen LogP contribution in [0.2, 0.25) is 0 Å². The highest BCUT2D eigenvalue weighted by molar-refractivity contribution is 5.86. The molecule has 0 aromatic carbocycles. The second-order valence-electron chi connectivity index (χ2n) is 3.86. The minimum absolute atomic E-state index is 0.198. The van der Waals surface area contributed by atoms with E-state index in [1.54, 1.807) is 19.1 Å². The Labute approximate surface area is 95.6 Å². The van der Waals surface area contributed by atoms with Crippen molar-refractivity contribution in [1.29, 1.82) is 0 Å². The molecule has 0 bridgehead atoms. The molecule has 0 aliphatic carbocycles. The first-order chi connectivity index (χ1) is 7.59. The van der Waals surface area contributed by atoms with Gasteiger partial charge in [0.1, 0.15) is 6.10 Å². The Hall–Kier alpha value is -1.29. The molecule has 16 heavy (non-hydrogen) atoms. The van der Waals surface area contributed by atoms with Gasteiger partial charge in [-0.25, -0.2) is 4.79 Å². The van der Waals surface area contributed by atoms with Crippen molar-refractivity contribution in [3.8, 4) is 0 Å². The lowest BCUT2D eigenvalue weighted by Gasteiger charge is -2.23. The first-order valence-corrected chi connectivity index (χ1v) is 5.42. The first-order valence-electron chi connectivity index (χ1n) is 5.42. The zero-order chi connectivity index (χ0) is 12.0. The Morgan fingerprint density at radius 2 is 1.94 bits per heavy atom. The van der Waals surface area contributed by atoms with Gasteiger partial charge in [0.25, 0.3) is 0 Å². The topological polar surface area (TPSA) is 55.8 Å². The monoisotopic (exact) mass is 226 g/mol. The summed E-state index contributed by atoms with van der Waals surface area (Å²) in [4.78, 5) is 10.5. The number of rotatable bonds is 4. The summed E-state index contributed by atoms with van der Waals surface area (Å²) in [5, 5.41) is 8.66. The van der Waals surface area contributed by atoms with Gasteiger partial charge >= 0.3 is 5.97 Å².